The fourth-order valence-electron chi connectivity index (χ4n) is 2.64. The van der Waals surface area contributed by atoms with E-state index in [1.54, 1.807) is 12.3 Å². The van der Waals surface area contributed by atoms with E-state index in [1.165, 1.54) is 16.9 Å². The van der Waals surface area contributed by atoms with Gasteiger partial charge in [-0.25, -0.2) is 9.78 Å². The number of carbonyl (C=O) groups excluding carboxylic acids is 1. The standard InChI is InChI=1S/C16H18N2O2S/c1-2-20-15(19)14-11-21-16(17-14)18-9-8-13(10-18)12-6-4-3-5-7-12/h3-7,11,13H,2,8-10H2,1H3. The molecule has 1 aromatic heterocycles. The number of carbonyl (C=O) groups is 1. The Kier molecular flexibility index (Phi) is 4.20. The number of aromatic nitrogens is 1. The number of ether oxygens (including phenoxy) is 1. The van der Waals surface area contributed by atoms with Gasteiger partial charge in [0.15, 0.2) is 10.8 Å². The Morgan fingerprint density at radius 1 is 1.43 bits per heavy atom. The Balaban J connectivity index is 1.68. The van der Waals surface area contributed by atoms with Crippen molar-refractivity contribution in [3.63, 3.8) is 0 Å². The van der Waals surface area contributed by atoms with Crippen molar-refractivity contribution in [3.05, 3.63) is 47.0 Å². The van der Waals surface area contributed by atoms with Crippen LogP contribution in [0.4, 0.5) is 5.13 Å². The third-order valence-electron chi connectivity index (χ3n) is 3.71. The van der Waals surface area contributed by atoms with E-state index in [0.29, 0.717) is 18.2 Å². The molecule has 1 aliphatic rings. The minimum absolute atomic E-state index is 0.334. The second-order valence-corrected chi connectivity index (χ2v) is 5.91. The van der Waals surface area contributed by atoms with Crippen molar-refractivity contribution >= 4 is 22.4 Å². The lowest BCUT2D eigenvalue weighted by molar-refractivity contribution is 0.0520. The molecule has 0 saturated carbocycles. The maximum Gasteiger partial charge on any atom is 0.357 e. The van der Waals surface area contributed by atoms with Gasteiger partial charge in [0, 0.05) is 24.4 Å². The molecule has 21 heavy (non-hydrogen) atoms. The number of anilines is 1. The van der Waals surface area contributed by atoms with Crippen LogP contribution in [-0.4, -0.2) is 30.6 Å². The van der Waals surface area contributed by atoms with Gasteiger partial charge in [0.25, 0.3) is 0 Å². The van der Waals surface area contributed by atoms with E-state index in [2.05, 4.69) is 34.1 Å². The first-order valence-corrected chi connectivity index (χ1v) is 8.08. The Labute approximate surface area is 128 Å². The Morgan fingerprint density at radius 2 is 2.24 bits per heavy atom. The first kappa shape index (κ1) is 14.1. The average molecular weight is 302 g/mol. The molecule has 1 atom stereocenters. The molecular formula is C16H18N2O2S. The summed E-state index contributed by atoms with van der Waals surface area (Å²) < 4.78 is 4.98. The van der Waals surface area contributed by atoms with Gasteiger partial charge in [0.2, 0.25) is 0 Å². The molecule has 0 amide bonds. The molecule has 0 spiro atoms. The van der Waals surface area contributed by atoms with Crippen molar-refractivity contribution in [3.8, 4) is 0 Å². The monoisotopic (exact) mass is 302 g/mol. The lowest BCUT2D eigenvalue weighted by Gasteiger charge is -2.15. The van der Waals surface area contributed by atoms with Crippen molar-refractivity contribution in [2.45, 2.75) is 19.3 Å². The fraction of sp³-hybridized carbons (Fsp3) is 0.375. The number of esters is 1. The first-order chi connectivity index (χ1) is 10.3. The minimum atomic E-state index is -0.334. The van der Waals surface area contributed by atoms with Crippen molar-refractivity contribution in [2.24, 2.45) is 0 Å². The van der Waals surface area contributed by atoms with Gasteiger partial charge in [-0.3, -0.25) is 0 Å². The zero-order chi connectivity index (χ0) is 14.7. The van der Waals surface area contributed by atoms with E-state index in [0.717, 1.165) is 24.6 Å². The van der Waals surface area contributed by atoms with Gasteiger partial charge in [0.1, 0.15) is 0 Å². The summed E-state index contributed by atoms with van der Waals surface area (Å²) in [5.74, 6) is 0.208. The number of nitrogens with zero attached hydrogens (tertiary/aromatic N) is 2. The minimum Gasteiger partial charge on any atom is -0.461 e. The largest absolute Gasteiger partial charge is 0.461 e. The summed E-state index contributed by atoms with van der Waals surface area (Å²) >= 11 is 1.51. The van der Waals surface area contributed by atoms with Crippen LogP contribution in [0.3, 0.4) is 0 Å². The normalized spacial score (nSPS) is 18.0. The van der Waals surface area contributed by atoms with E-state index in [1.807, 2.05) is 6.07 Å². The summed E-state index contributed by atoms with van der Waals surface area (Å²) in [5.41, 5.74) is 1.79. The van der Waals surface area contributed by atoms with Crippen molar-refractivity contribution < 1.29 is 9.53 Å². The fourth-order valence-corrected chi connectivity index (χ4v) is 3.47. The van der Waals surface area contributed by atoms with Crippen LogP contribution >= 0.6 is 11.3 Å². The van der Waals surface area contributed by atoms with Crippen LogP contribution in [0.2, 0.25) is 0 Å². The summed E-state index contributed by atoms with van der Waals surface area (Å²) in [6.07, 6.45) is 1.12. The SMILES string of the molecule is CCOC(=O)c1csc(N2CCC(c3ccccc3)C2)n1. The number of thiazole rings is 1. The third kappa shape index (κ3) is 3.08. The molecule has 1 aliphatic heterocycles. The van der Waals surface area contributed by atoms with Crippen molar-refractivity contribution in [2.75, 3.05) is 24.6 Å². The molecule has 2 aromatic rings. The molecule has 4 nitrogen and oxygen atoms in total. The topological polar surface area (TPSA) is 42.4 Å². The predicted molar refractivity (Wildman–Crippen MR) is 84.1 cm³/mol. The molecule has 1 aromatic carbocycles. The van der Waals surface area contributed by atoms with Crippen LogP contribution in [0, 0.1) is 0 Å². The van der Waals surface area contributed by atoms with Gasteiger partial charge < -0.3 is 9.64 Å². The van der Waals surface area contributed by atoms with E-state index >= 15 is 0 Å². The molecule has 1 unspecified atom stereocenters. The van der Waals surface area contributed by atoms with Crippen LogP contribution in [-0.2, 0) is 4.74 Å². The smallest absolute Gasteiger partial charge is 0.357 e. The summed E-state index contributed by atoms with van der Waals surface area (Å²) in [6, 6.07) is 10.6. The zero-order valence-electron chi connectivity index (χ0n) is 12.0. The summed E-state index contributed by atoms with van der Waals surface area (Å²) in [6.45, 7) is 4.12. The second-order valence-electron chi connectivity index (χ2n) is 5.08. The molecule has 110 valence electrons. The maximum atomic E-state index is 11.7. The lowest BCUT2D eigenvalue weighted by Crippen LogP contribution is -2.19. The highest BCUT2D eigenvalue weighted by atomic mass is 32.1. The van der Waals surface area contributed by atoms with Gasteiger partial charge in [0.05, 0.1) is 6.61 Å². The average Bonchev–Trinajstić information content (AvgIpc) is 3.17. The molecule has 0 radical (unpaired) electrons. The maximum absolute atomic E-state index is 11.7. The first-order valence-electron chi connectivity index (χ1n) is 7.20. The third-order valence-corrected chi connectivity index (χ3v) is 4.61. The van der Waals surface area contributed by atoms with Crippen LogP contribution < -0.4 is 4.90 Å². The predicted octanol–water partition coefficient (Wildman–Crippen LogP) is 3.31. The van der Waals surface area contributed by atoms with Crippen LogP contribution in [0.25, 0.3) is 0 Å². The lowest BCUT2D eigenvalue weighted by atomic mass is 9.99. The highest BCUT2D eigenvalue weighted by Crippen LogP contribution is 2.32. The van der Waals surface area contributed by atoms with E-state index in [9.17, 15) is 4.79 Å². The molecule has 5 heteroatoms. The molecular weight excluding hydrogens is 284 g/mol. The van der Waals surface area contributed by atoms with E-state index in [4.69, 9.17) is 4.74 Å². The summed E-state index contributed by atoms with van der Waals surface area (Å²) in [5, 5.41) is 2.69. The Bertz CT molecular complexity index is 612. The number of hydrogen-bond acceptors (Lipinski definition) is 5. The van der Waals surface area contributed by atoms with Crippen LogP contribution in [0.15, 0.2) is 35.7 Å². The molecule has 2 heterocycles. The van der Waals surface area contributed by atoms with E-state index < -0.39 is 0 Å². The van der Waals surface area contributed by atoms with Crippen molar-refractivity contribution in [1.29, 1.82) is 0 Å². The highest BCUT2D eigenvalue weighted by molar-refractivity contribution is 7.13. The molecule has 0 bridgehead atoms. The van der Waals surface area contributed by atoms with Crippen molar-refractivity contribution in [1.82, 2.24) is 4.98 Å². The molecule has 0 N–H and O–H groups in total. The number of rotatable bonds is 4. The zero-order valence-corrected chi connectivity index (χ0v) is 12.8. The number of benzene rings is 1. The molecule has 3 rings (SSSR count). The Hall–Kier alpha value is -1.88. The highest BCUT2D eigenvalue weighted by Gasteiger charge is 2.26. The van der Waals surface area contributed by atoms with Gasteiger partial charge in [-0.1, -0.05) is 30.3 Å². The van der Waals surface area contributed by atoms with E-state index in [-0.39, 0.29) is 5.97 Å². The van der Waals surface area contributed by atoms with Crippen LogP contribution in [0.1, 0.15) is 35.3 Å². The molecule has 1 fully saturated rings. The van der Waals surface area contributed by atoms with Gasteiger partial charge in [-0.05, 0) is 18.9 Å². The van der Waals surface area contributed by atoms with Gasteiger partial charge in [-0.15, -0.1) is 11.3 Å². The molecule has 0 aliphatic carbocycles. The quantitative estimate of drug-likeness (QED) is 0.813. The number of hydrogen-bond donors (Lipinski definition) is 0. The van der Waals surface area contributed by atoms with Gasteiger partial charge in [-0.2, -0.15) is 0 Å². The van der Waals surface area contributed by atoms with Gasteiger partial charge >= 0.3 is 5.97 Å². The Morgan fingerprint density at radius 3 is 3.00 bits per heavy atom. The summed E-state index contributed by atoms with van der Waals surface area (Å²) in [4.78, 5) is 18.3. The molecule has 1 saturated heterocycles. The van der Waals surface area contributed by atoms with Crippen LogP contribution in [0.5, 0.6) is 0 Å². The summed E-state index contributed by atoms with van der Waals surface area (Å²) in [7, 11) is 0. The second kappa shape index (κ2) is 6.26.